The number of rotatable bonds is 4. The van der Waals surface area contributed by atoms with Gasteiger partial charge in [0.15, 0.2) is 0 Å². The van der Waals surface area contributed by atoms with Gasteiger partial charge in [-0.3, -0.25) is 9.48 Å². The normalized spacial score (nSPS) is 25.5. The fourth-order valence-corrected chi connectivity index (χ4v) is 4.48. The van der Waals surface area contributed by atoms with Gasteiger partial charge in [0, 0.05) is 37.8 Å². The molecule has 3 heterocycles. The topological polar surface area (TPSA) is 41.4 Å². The van der Waals surface area contributed by atoms with E-state index in [0.29, 0.717) is 24.4 Å². The Balaban J connectivity index is 1.63. The zero-order valence-electron chi connectivity index (χ0n) is 15.0. The SMILES string of the molecule is Cc1nn(C)c(C)c1CCC(=O)N1CCC[C@@H]1[C@H]1CCCN1C. The van der Waals surface area contributed by atoms with Gasteiger partial charge in [0.05, 0.1) is 5.69 Å². The van der Waals surface area contributed by atoms with Crippen LogP contribution >= 0.6 is 0 Å². The Hall–Kier alpha value is -1.36. The summed E-state index contributed by atoms with van der Waals surface area (Å²) in [6, 6.07) is 1.01. The van der Waals surface area contributed by atoms with Gasteiger partial charge in [-0.25, -0.2) is 0 Å². The second-order valence-corrected chi connectivity index (χ2v) is 7.26. The maximum atomic E-state index is 12.8. The third-order valence-electron chi connectivity index (χ3n) is 5.89. The molecule has 2 aliphatic heterocycles. The Kier molecular flexibility index (Phi) is 4.76. The van der Waals surface area contributed by atoms with Crippen LogP contribution in [0.4, 0.5) is 0 Å². The summed E-state index contributed by atoms with van der Waals surface area (Å²) in [5, 5.41) is 4.46. The summed E-state index contributed by atoms with van der Waals surface area (Å²) in [7, 11) is 4.18. The maximum absolute atomic E-state index is 12.8. The molecule has 0 spiro atoms. The Morgan fingerprint density at radius 1 is 1.13 bits per heavy atom. The van der Waals surface area contributed by atoms with Crippen LogP contribution in [0.1, 0.15) is 49.1 Å². The molecule has 5 nitrogen and oxygen atoms in total. The first-order valence-corrected chi connectivity index (χ1v) is 8.98. The van der Waals surface area contributed by atoms with E-state index in [9.17, 15) is 4.79 Å². The lowest BCUT2D eigenvalue weighted by Gasteiger charge is -2.33. The van der Waals surface area contributed by atoms with Gasteiger partial charge >= 0.3 is 0 Å². The van der Waals surface area contributed by atoms with Crippen molar-refractivity contribution >= 4 is 5.91 Å². The van der Waals surface area contributed by atoms with Crippen molar-refractivity contribution in [3.63, 3.8) is 0 Å². The first-order valence-electron chi connectivity index (χ1n) is 8.98. The number of carbonyl (C=O) groups excluding carboxylic acids is 1. The van der Waals surface area contributed by atoms with Crippen LogP contribution in [-0.2, 0) is 18.3 Å². The first-order chi connectivity index (χ1) is 11.0. The lowest BCUT2D eigenvalue weighted by molar-refractivity contribution is -0.132. The summed E-state index contributed by atoms with van der Waals surface area (Å²) in [4.78, 5) is 17.4. The summed E-state index contributed by atoms with van der Waals surface area (Å²) in [6.07, 6.45) is 6.27. The minimum atomic E-state index is 0.329. The molecule has 0 aromatic carbocycles. The van der Waals surface area contributed by atoms with Crippen molar-refractivity contribution < 1.29 is 4.79 Å². The zero-order valence-corrected chi connectivity index (χ0v) is 15.0. The number of likely N-dealkylation sites (tertiary alicyclic amines) is 2. The summed E-state index contributed by atoms with van der Waals surface area (Å²) in [6.45, 7) is 6.25. The fraction of sp³-hybridized carbons (Fsp3) is 0.778. The molecule has 5 heteroatoms. The summed E-state index contributed by atoms with van der Waals surface area (Å²) >= 11 is 0. The highest BCUT2D eigenvalue weighted by atomic mass is 16.2. The number of aryl methyl sites for hydroxylation is 2. The second kappa shape index (κ2) is 6.63. The summed E-state index contributed by atoms with van der Waals surface area (Å²) < 4.78 is 1.92. The number of hydrogen-bond donors (Lipinski definition) is 0. The molecule has 3 rings (SSSR count). The van der Waals surface area contributed by atoms with Gasteiger partial charge in [0.25, 0.3) is 0 Å². The van der Waals surface area contributed by atoms with Crippen molar-refractivity contribution in [3.8, 4) is 0 Å². The van der Waals surface area contributed by atoms with Gasteiger partial charge in [0.1, 0.15) is 0 Å². The molecule has 1 amide bonds. The predicted molar refractivity (Wildman–Crippen MR) is 91.4 cm³/mol. The monoisotopic (exact) mass is 318 g/mol. The molecule has 0 N–H and O–H groups in total. The molecule has 0 aliphatic carbocycles. The van der Waals surface area contributed by atoms with Crippen LogP contribution in [0.5, 0.6) is 0 Å². The van der Waals surface area contributed by atoms with E-state index >= 15 is 0 Å². The Labute approximate surface area is 139 Å². The minimum Gasteiger partial charge on any atom is -0.338 e. The van der Waals surface area contributed by atoms with Gasteiger partial charge in [0.2, 0.25) is 5.91 Å². The van der Waals surface area contributed by atoms with Gasteiger partial charge in [-0.1, -0.05) is 0 Å². The van der Waals surface area contributed by atoms with Crippen LogP contribution < -0.4 is 0 Å². The third-order valence-corrected chi connectivity index (χ3v) is 5.89. The van der Waals surface area contributed by atoms with Crippen molar-refractivity contribution in [1.29, 1.82) is 0 Å². The molecule has 0 radical (unpaired) electrons. The second-order valence-electron chi connectivity index (χ2n) is 7.26. The standard InChI is InChI=1S/C18H30N4O/c1-13-15(14(2)21(4)19-13)9-10-18(23)22-12-6-8-17(22)16-7-5-11-20(16)3/h16-17H,5-12H2,1-4H3/t16-,17-/m1/s1. The van der Waals surface area contributed by atoms with Crippen LogP contribution in [0.2, 0.25) is 0 Å². The molecule has 1 aromatic rings. The lowest BCUT2D eigenvalue weighted by Crippen LogP contribution is -2.47. The zero-order chi connectivity index (χ0) is 16.6. The number of nitrogens with zero attached hydrogens (tertiary/aromatic N) is 4. The predicted octanol–water partition coefficient (Wildman–Crippen LogP) is 2.05. The average molecular weight is 318 g/mol. The van der Waals surface area contributed by atoms with Crippen LogP contribution in [0.3, 0.4) is 0 Å². The minimum absolute atomic E-state index is 0.329. The number of amides is 1. The van der Waals surface area contributed by atoms with E-state index in [4.69, 9.17) is 0 Å². The lowest BCUT2D eigenvalue weighted by atomic mass is 10.0. The van der Waals surface area contributed by atoms with Crippen LogP contribution in [0.15, 0.2) is 0 Å². The van der Waals surface area contributed by atoms with E-state index < -0.39 is 0 Å². The molecule has 1 aromatic heterocycles. The highest BCUT2D eigenvalue weighted by Gasteiger charge is 2.38. The number of likely N-dealkylation sites (N-methyl/N-ethyl adjacent to an activating group) is 1. The van der Waals surface area contributed by atoms with E-state index in [1.54, 1.807) is 0 Å². The smallest absolute Gasteiger partial charge is 0.223 e. The highest BCUT2D eigenvalue weighted by molar-refractivity contribution is 5.77. The maximum Gasteiger partial charge on any atom is 0.223 e. The molecule has 2 saturated heterocycles. The van der Waals surface area contributed by atoms with E-state index in [1.807, 2.05) is 18.7 Å². The van der Waals surface area contributed by atoms with Gasteiger partial charge in [-0.05, 0) is 65.1 Å². The van der Waals surface area contributed by atoms with Crippen molar-refractivity contribution in [3.05, 3.63) is 17.0 Å². The van der Waals surface area contributed by atoms with Crippen LogP contribution in [-0.4, -0.2) is 57.7 Å². The number of carbonyl (C=O) groups is 1. The van der Waals surface area contributed by atoms with Crippen molar-refractivity contribution in [1.82, 2.24) is 19.6 Å². The molecule has 0 unspecified atom stereocenters. The molecule has 0 bridgehead atoms. The molecular weight excluding hydrogens is 288 g/mol. The summed E-state index contributed by atoms with van der Waals surface area (Å²) in [5.74, 6) is 0.329. The molecule has 2 atom stereocenters. The van der Waals surface area contributed by atoms with E-state index in [1.165, 1.54) is 37.1 Å². The first kappa shape index (κ1) is 16.5. The molecule has 0 saturated carbocycles. The van der Waals surface area contributed by atoms with Crippen molar-refractivity contribution in [2.45, 2.75) is 64.5 Å². The molecule has 128 valence electrons. The average Bonchev–Trinajstić information content (AvgIpc) is 3.19. The van der Waals surface area contributed by atoms with E-state index in [0.717, 1.165) is 25.1 Å². The van der Waals surface area contributed by atoms with Crippen molar-refractivity contribution in [2.24, 2.45) is 7.05 Å². The van der Waals surface area contributed by atoms with Crippen molar-refractivity contribution in [2.75, 3.05) is 20.1 Å². The largest absolute Gasteiger partial charge is 0.338 e. The van der Waals surface area contributed by atoms with E-state index in [-0.39, 0.29) is 0 Å². The number of aromatic nitrogens is 2. The molecular formula is C18H30N4O. The number of hydrogen-bond acceptors (Lipinski definition) is 3. The van der Waals surface area contributed by atoms with Crippen LogP contribution in [0.25, 0.3) is 0 Å². The van der Waals surface area contributed by atoms with Gasteiger partial charge in [-0.2, -0.15) is 5.10 Å². The Morgan fingerprint density at radius 2 is 1.83 bits per heavy atom. The molecule has 2 aliphatic rings. The Bertz CT molecular complexity index is 580. The van der Waals surface area contributed by atoms with Crippen LogP contribution in [0, 0.1) is 13.8 Å². The Morgan fingerprint density at radius 3 is 2.43 bits per heavy atom. The van der Waals surface area contributed by atoms with Gasteiger partial charge < -0.3 is 9.80 Å². The summed E-state index contributed by atoms with van der Waals surface area (Å²) in [5.41, 5.74) is 3.49. The highest BCUT2D eigenvalue weighted by Crippen LogP contribution is 2.29. The van der Waals surface area contributed by atoms with Gasteiger partial charge in [-0.15, -0.1) is 0 Å². The molecule has 23 heavy (non-hydrogen) atoms. The quantitative estimate of drug-likeness (QED) is 0.853. The fourth-order valence-electron chi connectivity index (χ4n) is 4.48. The third kappa shape index (κ3) is 3.16. The van der Waals surface area contributed by atoms with E-state index in [2.05, 4.69) is 28.9 Å². The molecule has 2 fully saturated rings.